The second-order valence-corrected chi connectivity index (χ2v) is 6.10. The van der Waals surface area contributed by atoms with Gasteiger partial charge in [-0.05, 0) is 18.6 Å². The zero-order valence-electron chi connectivity index (χ0n) is 12.4. The van der Waals surface area contributed by atoms with Crippen molar-refractivity contribution in [2.45, 2.75) is 18.2 Å². The van der Waals surface area contributed by atoms with Gasteiger partial charge in [0, 0.05) is 11.4 Å². The van der Waals surface area contributed by atoms with E-state index in [1.165, 1.54) is 0 Å². The summed E-state index contributed by atoms with van der Waals surface area (Å²) in [4.78, 5) is 34.8. The number of esters is 1. The number of rotatable bonds is 7. The number of carbonyl (C=O) groups excluding carboxylic acids is 3. The van der Waals surface area contributed by atoms with Crippen molar-refractivity contribution in [3.8, 4) is 0 Å². The average molecular weight is 379 g/mol. The third kappa shape index (κ3) is 7.58. The van der Waals surface area contributed by atoms with E-state index in [1.54, 1.807) is 18.2 Å². The Morgan fingerprint density at radius 3 is 2.48 bits per heavy atom. The summed E-state index contributed by atoms with van der Waals surface area (Å²) >= 11 is 13.1. The van der Waals surface area contributed by atoms with Crippen molar-refractivity contribution >= 4 is 52.9 Å². The molecular weight excluding hydrogens is 363 g/mol. The van der Waals surface area contributed by atoms with E-state index >= 15 is 0 Å². The molecule has 0 bridgehead atoms. The fourth-order valence-electron chi connectivity index (χ4n) is 1.38. The molecule has 2 N–H and O–H groups in total. The first-order valence-electron chi connectivity index (χ1n) is 6.74. The average Bonchev–Trinajstić information content (AvgIpc) is 2.50. The van der Waals surface area contributed by atoms with E-state index in [2.05, 4.69) is 5.32 Å². The van der Waals surface area contributed by atoms with Crippen LogP contribution < -0.4 is 10.6 Å². The molecule has 0 unspecified atom stereocenters. The molecule has 0 radical (unpaired) electrons. The van der Waals surface area contributed by atoms with E-state index in [-0.39, 0.29) is 5.75 Å². The molecule has 0 saturated heterocycles. The minimum Gasteiger partial charge on any atom is -0.455 e. The number of urea groups is 1. The molecule has 3 amide bonds. The molecule has 0 heterocycles. The van der Waals surface area contributed by atoms with Crippen LogP contribution in [0.5, 0.6) is 0 Å². The number of hydrogen-bond acceptors (Lipinski definition) is 5. The lowest BCUT2D eigenvalue weighted by atomic mass is 10.4. The Kier molecular flexibility index (Phi) is 8.83. The molecule has 0 fully saturated rings. The summed E-state index contributed by atoms with van der Waals surface area (Å²) in [7, 11) is 0. The zero-order chi connectivity index (χ0) is 17.2. The first-order chi connectivity index (χ1) is 10.9. The predicted octanol–water partition coefficient (Wildman–Crippen LogP) is 2.86. The fourth-order valence-corrected chi connectivity index (χ4v) is 2.87. The second-order valence-electron chi connectivity index (χ2n) is 4.30. The largest absolute Gasteiger partial charge is 0.455 e. The van der Waals surface area contributed by atoms with Crippen LogP contribution in [0.3, 0.4) is 0 Å². The molecular formula is C14H16Cl2N2O4S. The van der Waals surface area contributed by atoms with Gasteiger partial charge in [0.05, 0.1) is 15.8 Å². The van der Waals surface area contributed by atoms with E-state index < -0.39 is 24.5 Å². The molecule has 1 rings (SSSR count). The van der Waals surface area contributed by atoms with E-state index in [0.717, 1.165) is 18.2 Å². The van der Waals surface area contributed by atoms with Gasteiger partial charge in [0.15, 0.2) is 6.61 Å². The Hall–Kier alpha value is -1.44. The SMILES string of the molecule is CCCNC(=O)NC(=O)COC(=O)CSc1c(Cl)cccc1Cl. The minimum absolute atomic E-state index is 0.0568. The zero-order valence-corrected chi connectivity index (χ0v) is 14.7. The number of hydrogen-bond donors (Lipinski definition) is 2. The molecule has 23 heavy (non-hydrogen) atoms. The molecule has 0 saturated carbocycles. The normalized spacial score (nSPS) is 10.0. The summed E-state index contributed by atoms with van der Waals surface area (Å²) in [5.74, 6) is -1.37. The fraction of sp³-hybridized carbons (Fsp3) is 0.357. The maximum atomic E-state index is 11.6. The Morgan fingerprint density at radius 1 is 1.22 bits per heavy atom. The molecule has 0 aliphatic rings. The molecule has 126 valence electrons. The van der Waals surface area contributed by atoms with Gasteiger partial charge in [0.25, 0.3) is 5.91 Å². The molecule has 0 spiro atoms. The maximum Gasteiger partial charge on any atom is 0.321 e. The van der Waals surface area contributed by atoms with Gasteiger partial charge in [-0.25, -0.2) is 4.79 Å². The third-order valence-electron chi connectivity index (χ3n) is 2.41. The van der Waals surface area contributed by atoms with Gasteiger partial charge in [-0.2, -0.15) is 0 Å². The van der Waals surface area contributed by atoms with Gasteiger partial charge >= 0.3 is 12.0 Å². The standard InChI is InChI=1S/C14H16Cl2N2O4S/c1-2-6-17-14(21)18-11(19)7-22-12(20)8-23-13-9(15)4-3-5-10(13)16/h3-5H,2,6-8H2,1H3,(H2,17,18,19,21). The van der Waals surface area contributed by atoms with Crippen LogP contribution in [0.4, 0.5) is 4.79 Å². The lowest BCUT2D eigenvalue weighted by Crippen LogP contribution is -2.41. The first kappa shape index (κ1) is 19.6. The molecule has 1 aromatic rings. The first-order valence-corrected chi connectivity index (χ1v) is 8.48. The van der Waals surface area contributed by atoms with Gasteiger partial charge in [0.2, 0.25) is 0 Å². The number of halogens is 2. The Labute approximate surface area is 148 Å². The van der Waals surface area contributed by atoms with Crippen molar-refractivity contribution in [3.05, 3.63) is 28.2 Å². The highest BCUT2D eigenvalue weighted by Gasteiger charge is 2.13. The molecule has 1 aromatic carbocycles. The molecule has 0 atom stereocenters. The van der Waals surface area contributed by atoms with Crippen molar-refractivity contribution < 1.29 is 19.1 Å². The van der Waals surface area contributed by atoms with Crippen molar-refractivity contribution in [1.82, 2.24) is 10.6 Å². The van der Waals surface area contributed by atoms with Gasteiger partial charge in [-0.3, -0.25) is 14.9 Å². The third-order valence-corrected chi connectivity index (χ3v) is 4.37. The maximum absolute atomic E-state index is 11.6. The van der Waals surface area contributed by atoms with E-state index in [1.807, 2.05) is 12.2 Å². The van der Waals surface area contributed by atoms with E-state index in [4.69, 9.17) is 27.9 Å². The highest BCUT2D eigenvalue weighted by molar-refractivity contribution is 8.00. The molecule has 0 aliphatic carbocycles. The van der Waals surface area contributed by atoms with Crippen molar-refractivity contribution in [2.75, 3.05) is 18.9 Å². The van der Waals surface area contributed by atoms with Crippen molar-refractivity contribution in [1.29, 1.82) is 0 Å². The van der Waals surface area contributed by atoms with Crippen LogP contribution in [0.1, 0.15) is 13.3 Å². The second kappa shape index (κ2) is 10.4. The lowest BCUT2D eigenvalue weighted by molar-refractivity contribution is -0.145. The molecule has 9 heteroatoms. The number of imide groups is 1. The number of thioether (sulfide) groups is 1. The van der Waals surface area contributed by atoms with Crippen LogP contribution in [-0.2, 0) is 14.3 Å². The topological polar surface area (TPSA) is 84.5 Å². The van der Waals surface area contributed by atoms with Crippen LogP contribution in [0.2, 0.25) is 10.0 Å². The van der Waals surface area contributed by atoms with Crippen LogP contribution in [-0.4, -0.2) is 36.8 Å². The van der Waals surface area contributed by atoms with Crippen molar-refractivity contribution in [3.63, 3.8) is 0 Å². The number of carbonyl (C=O) groups is 3. The summed E-state index contributed by atoms with van der Waals surface area (Å²) < 4.78 is 4.77. The lowest BCUT2D eigenvalue weighted by Gasteiger charge is -2.08. The monoisotopic (exact) mass is 378 g/mol. The summed E-state index contributed by atoms with van der Waals surface area (Å²) in [6, 6.07) is 4.39. The minimum atomic E-state index is -0.701. The number of nitrogens with one attached hydrogen (secondary N) is 2. The van der Waals surface area contributed by atoms with Crippen LogP contribution in [0.15, 0.2) is 23.1 Å². The van der Waals surface area contributed by atoms with E-state index in [9.17, 15) is 14.4 Å². The summed E-state index contributed by atoms with van der Waals surface area (Å²) in [5, 5.41) is 5.37. The number of ether oxygens (including phenoxy) is 1. The van der Waals surface area contributed by atoms with E-state index in [0.29, 0.717) is 21.5 Å². The molecule has 0 aromatic heterocycles. The number of benzene rings is 1. The molecule has 6 nitrogen and oxygen atoms in total. The van der Waals surface area contributed by atoms with Gasteiger partial charge < -0.3 is 10.1 Å². The summed E-state index contributed by atoms with van der Waals surface area (Å²) in [6.07, 6.45) is 0.748. The summed E-state index contributed by atoms with van der Waals surface area (Å²) in [5.41, 5.74) is 0. The molecule has 0 aliphatic heterocycles. The smallest absolute Gasteiger partial charge is 0.321 e. The quantitative estimate of drug-likeness (QED) is 0.562. The van der Waals surface area contributed by atoms with Crippen LogP contribution in [0.25, 0.3) is 0 Å². The summed E-state index contributed by atoms with van der Waals surface area (Å²) in [6.45, 7) is 1.80. The van der Waals surface area contributed by atoms with Gasteiger partial charge in [-0.15, -0.1) is 11.8 Å². The van der Waals surface area contributed by atoms with Crippen molar-refractivity contribution in [2.24, 2.45) is 0 Å². The Morgan fingerprint density at radius 2 is 1.87 bits per heavy atom. The predicted molar refractivity (Wildman–Crippen MR) is 90.0 cm³/mol. The Balaban J connectivity index is 2.32. The van der Waals surface area contributed by atoms with Gasteiger partial charge in [0.1, 0.15) is 0 Å². The number of amides is 3. The highest BCUT2D eigenvalue weighted by atomic mass is 35.5. The Bertz CT molecular complexity index is 564. The highest BCUT2D eigenvalue weighted by Crippen LogP contribution is 2.33. The van der Waals surface area contributed by atoms with Gasteiger partial charge in [-0.1, -0.05) is 36.2 Å². The van der Waals surface area contributed by atoms with Crippen LogP contribution in [0, 0.1) is 0 Å². The van der Waals surface area contributed by atoms with Crippen LogP contribution >= 0.6 is 35.0 Å².